The first-order valence-electron chi connectivity index (χ1n) is 3.34. The summed E-state index contributed by atoms with van der Waals surface area (Å²) in [5, 5.41) is 0. The van der Waals surface area contributed by atoms with E-state index in [0.29, 0.717) is 6.20 Å². The van der Waals surface area contributed by atoms with Crippen LogP contribution in [0.25, 0.3) is 0 Å². The molecule has 1 heterocycles. The molecular formula is C6H3ClF3NO3S. The van der Waals surface area contributed by atoms with Crippen molar-refractivity contribution in [2.45, 2.75) is 11.3 Å². The van der Waals surface area contributed by atoms with Crippen molar-refractivity contribution in [3.63, 3.8) is 0 Å². The third kappa shape index (κ3) is 3.56. The smallest absolute Gasteiger partial charge is 0.404 e. The van der Waals surface area contributed by atoms with Gasteiger partial charge in [-0.15, -0.1) is 13.2 Å². The molecule has 0 unspecified atom stereocenters. The molecule has 1 rings (SSSR count). The molecule has 0 aromatic carbocycles. The highest BCUT2D eigenvalue weighted by Gasteiger charge is 2.33. The molecule has 0 aliphatic heterocycles. The molecule has 4 nitrogen and oxygen atoms in total. The summed E-state index contributed by atoms with van der Waals surface area (Å²) in [6.45, 7) is 0. The van der Waals surface area contributed by atoms with E-state index < -0.39 is 26.1 Å². The monoisotopic (exact) mass is 261 g/mol. The Bertz CT molecular complexity index is 459. The number of halogens is 4. The van der Waals surface area contributed by atoms with Gasteiger partial charge >= 0.3 is 6.36 Å². The molecule has 15 heavy (non-hydrogen) atoms. The Morgan fingerprint density at radius 3 is 2.47 bits per heavy atom. The Labute approximate surface area is 87.1 Å². The van der Waals surface area contributed by atoms with Crippen LogP contribution in [0.5, 0.6) is 5.75 Å². The van der Waals surface area contributed by atoms with E-state index in [9.17, 15) is 21.6 Å². The van der Waals surface area contributed by atoms with E-state index in [0.717, 1.165) is 12.3 Å². The second-order valence-electron chi connectivity index (χ2n) is 2.31. The minimum absolute atomic E-state index is 0.670. The lowest BCUT2D eigenvalue weighted by molar-refractivity contribution is -0.275. The fourth-order valence-electron chi connectivity index (χ4n) is 0.759. The van der Waals surface area contributed by atoms with Crippen molar-refractivity contribution in [3.05, 3.63) is 18.5 Å². The minimum Gasteiger partial charge on any atom is -0.404 e. The topological polar surface area (TPSA) is 56.3 Å². The molecule has 0 aliphatic rings. The normalized spacial score (nSPS) is 12.5. The number of pyridine rings is 1. The fourth-order valence-corrected chi connectivity index (χ4v) is 1.64. The molecule has 0 aliphatic carbocycles. The molecule has 0 saturated carbocycles. The van der Waals surface area contributed by atoms with Gasteiger partial charge in [-0.1, -0.05) is 0 Å². The van der Waals surface area contributed by atoms with Crippen molar-refractivity contribution < 1.29 is 26.3 Å². The molecule has 0 N–H and O–H groups in total. The van der Waals surface area contributed by atoms with Crippen LogP contribution < -0.4 is 4.74 Å². The predicted molar refractivity (Wildman–Crippen MR) is 44.0 cm³/mol. The highest BCUT2D eigenvalue weighted by molar-refractivity contribution is 8.13. The van der Waals surface area contributed by atoms with Crippen molar-refractivity contribution in [2.24, 2.45) is 0 Å². The number of alkyl halides is 3. The predicted octanol–water partition coefficient (Wildman–Crippen LogP) is 1.91. The third-order valence-corrected chi connectivity index (χ3v) is 2.57. The summed E-state index contributed by atoms with van der Waals surface area (Å²) in [5.74, 6) is -0.910. The third-order valence-electron chi connectivity index (χ3n) is 1.23. The number of rotatable bonds is 2. The zero-order valence-electron chi connectivity index (χ0n) is 6.82. The van der Waals surface area contributed by atoms with Gasteiger partial charge in [-0.2, -0.15) is 0 Å². The number of hydrogen-bond acceptors (Lipinski definition) is 4. The van der Waals surface area contributed by atoms with Crippen LogP contribution in [0.2, 0.25) is 0 Å². The van der Waals surface area contributed by atoms with E-state index in [4.69, 9.17) is 10.7 Å². The zero-order valence-corrected chi connectivity index (χ0v) is 8.40. The quantitative estimate of drug-likeness (QED) is 0.763. The number of aromatic nitrogens is 1. The SMILES string of the molecule is O=S(=O)(Cl)c1cnccc1OC(F)(F)F. The molecule has 0 amide bonds. The lowest BCUT2D eigenvalue weighted by Gasteiger charge is -2.10. The molecule has 9 heteroatoms. The van der Waals surface area contributed by atoms with Crippen LogP contribution in [0, 0.1) is 0 Å². The first-order chi connectivity index (χ1) is 6.70. The highest BCUT2D eigenvalue weighted by atomic mass is 35.7. The van der Waals surface area contributed by atoms with E-state index in [1.54, 1.807) is 0 Å². The second kappa shape index (κ2) is 3.86. The maximum absolute atomic E-state index is 11.8. The molecular weight excluding hydrogens is 259 g/mol. The summed E-state index contributed by atoms with van der Waals surface area (Å²) in [5.41, 5.74) is 0. The second-order valence-corrected chi connectivity index (χ2v) is 4.84. The Morgan fingerprint density at radius 2 is 2.00 bits per heavy atom. The van der Waals surface area contributed by atoms with Gasteiger partial charge in [-0.25, -0.2) is 8.42 Å². The maximum Gasteiger partial charge on any atom is 0.573 e. The van der Waals surface area contributed by atoms with Crippen LogP contribution in [0.1, 0.15) is 0 Å². The van der Waals surface area contributed by atoms with Crippen LogP contribution in [0.4, 0.5) is 13.2 Å². The minimum atomic E-state index is -4.99. The van der Waals surface area contributed by atoms with Gasteiger partial charge in [0.15, 0.2) is 5.75 Å². The molecule has 1 aromatic rings. The van der Waals surface area contributed by atoms with E-state index in [2.05, 4.69) is 9.72 Å². The molecule has 1 aromatic heterocycles. The van der Waals surface area contributed by atoms with Crippen LogP contribution in [-0.2, 0) is 9.05 Å². The van der Waals surface area contributed by atoms with Gasteiger partial charge in [0.05, 0.1) is 6.20 Å². The van der Waals surface area contributed by atoms with Crippen molar-refractivity contribution in [1.29, 1.82) is 0 Å². The van der Waals surface area contributed by atoms with Crippen LogP contribution >= 0.6 is 10.7 Å². The molecule has 0 spiro atoms. The standard InChI is InChI=1S/C6H3ClF3NO3S/c7-15(12,13)5-3-11-2-1-4(5)14-6(8,9)10/h1-3H. The van der Waals surface area contributed by atoms with Crippen molar-refractivity contribution >= 4 is 19.7 Å². The average molecular weight is 262 g/mol. The van der Waals surface area contributed by atoms with Gasteiger partial charge in [-0.3, -0.25) is 4.98 Å². The van der Waals surface area contributed by atoms with Gasteiger partial charge in [-0.05, 0) is 0 Å². The Balaban J connectivity index is 3.20. The number of nitrogens with zero attached hydrogens (tertiary/aromatic N) is 1. The van der Waals surface area contributed by atoms with Gasteiger partial charge in [0.25, 0.3) is 9.05 Å². The van der Waals surface area contributed by atoms with Crippen LogP contribution in [-0.4, -0.2) is 19.8 Å². The molecule has 0 fully saturated rings. The summed E-state index contributed by atoms with van der Waals surface area (Å²) in [6.07, 6.45) is -3.37. The Morgan fingerprint density at radius 1 is 1.40 bits per heavy atom. The van der Waals surface area contributed by atoms with Crippen LogP contribution in [0.15, 0.2) is 23.4 Å². The summed E-state index contributed by atoms with van der Waals surface area (Å²) in [7, 11) is 0.556. The average Bonchev–Trinajstić information content (AvgIpc) is 1.99. The molecule has 0 atom stereocenters. The molecule has 0 radical (unpaired) electrons. The highest BCUT2D eigenvalue weighted by Crippen LogP contribution is 2.30. The summed E-state index contributed by atoms with van der Waals surface area (Å²) in [4.78, 5) is 2.50. The van der Waals surface area contributed by atoms with Crippen molar-refractivity contribution in [3.8, 4) is 5.75 Å². The molecule has 84 valence electrons. The number of hydrogen-bond donors (Lipinski definition) is 0. The van der Waals surface area contributed by atoms with E-state index in [1.165, 1.54) is 0 Å². The first kappa shape index (κ1) is 12.1. The van der Waals surface area contributed by atoms with Gasteiger partial charge in [0.2, 0.25) is 0 Å². The molecule has 0 saturated heterocycles. The van der Waals surface area contributed by atoms with Crippen LogP contribution in [0.3, 0.4) is 0 Å². The van der Waals surface area contributed by atoms with Crippen molar-refractivity contribution in [2.75, 3.05) is 0 Å². The Kier molecular flexibility index (Phi) is 3.10. The fraction of sp³-hybridized carbons (Fsp3) is 0.167. The van der Waals surface area contributed by atoms with E-state index in [1.807, 2.05) is 0 Å². The lowest BCUT2D eigenvalue weighted by Crippen LogP contribution is -2.18. The molecule has 0 bridgehead atoms. The summed E-state index contributed by atoms with van der Waals surface area (Å²) >= 11 is 0. The van der Waals surface area contributed by atoms with Gasteiger partial charge in [0, 0.05) is 22.9 Å². The van der Waals surface area contributed by atoms with Gasteiger partial charge < -0.3 is 4.74 Å². The number of ether oxygens (including phenoxy) is 1. The maximum atomic E-state index is 11.8. The Hall–Kier alpha value is -1.02. The van der Waals surface area contributed by atoms with Gasteiger partial charge in [0.1, 0.15) is 4.90 Å². The van der Waals surface area contributed by atoms with E-state index in [-0.39, 0.29) is 0 Å². The van der Waals surface area contributed by atoms with Crippen molar-refractivity contribution in [1.82, 2.24) is 4.98 Å². The van der Waals surface area contributed by atoms with E-state index >= 15 is 0 Å². The summed E-state index contributed by atoms with van der Waals surface area (Å²) in [6, 6.07) is 0.753. The lowest BCUT2D eigenvalue weighted by atomic mass is 10.4. The summed E-state index contributed by atoms with van der Waals surface area (Å²) < 4.78 is 60.6. The first-order valence-corrected chi connectivity index (χ1v) is 5.65. The zero-order chi connectivity index (χ0) is 11.7. The largest absolute Gasteiger partial charge is 0.573 e.